The van der Waals surface area contributed by atoms with Crippen molar-refractivity contribution in [3.63, 3.8) is 0 Å². The van der Waals surface area contributed by atoms with Gasteiger partial charge in [-0.2, -0.15) is 0 Å². The van der Waals surface area contributed by atoms with Gasteiger partial charge in [-0.05, 0) is 44.8 Å². The molecule has 0 aliphatic carbocycles. The summed E-state index contributed by atoms with van der Waals surface area (Å²) in [5, 5.41) is 4.37. The molecular weight excluding hydrogens is 388 g/mol. The molecule has 0 spiro atoms. The van der Waals surface area contributed by atoms with Crippen molar-refractivity contribution >= 4 is 45.1 Å². The highest BCUT2D eigenvalue weighted by atomic mass is 14.6. The van der Waals surface area contributed by atoms with Crippen LogP contribution in [0.2, 0.25) is 0 Å². The highest BCUT2D eigenvalue weighted by molar-refractivity contribution is 6.17. The number of nitrogens with two attached hydrogens (primary N) is 2. The highest BCUT2D eigenvalue weighted by Gasteiger charge is 2.16. The zero-order chi connectivity index (χ0) is 21.9. The minimum Gasteiger partial charge on any atom is -0.398 e. The molecule has 154 valence electrons. The van der Waals surface area contributed by atoms with Crippen LogP contribution in [0, 0.1) is 0 Å². The second-order valence-corrected chi connectivity index (χ2v) is 7.86. The molecule has 5 aromatic carbocycles. The molecule has 0 atom stereocenters. The van der Waals surface area contributed by atoms with E-state index in [4.69, 9.17) is 11.5 Å². The molecule has 0 amide bonds. The molecular formula is C30H24N2. The van der Waals surface area contributed by atoms with Crippen LogP contribution in [0.25, 0.3) is 45.1 Å². The van der Waals surface area contributed by atoms with E-state index in [1.165, 1.54) is 0 Å². The molecule has 0 aliphatic heterocycles. The van der Waals surface area contributed by atoms with E-state index in [-0.39, 0.29) is 0 Å². The Morgan fingerprint density at radius 1 is 0.406 bits per heavy atom. The minimum atomic E-state index is 0.737. The number of rotatable bonds is 4. The van der Waals surface area contributed by atoms with Gasteiger partial charge in [0.15, 0.2) is 0 Å². The second kappa shape index (κ2) is 8.44. The predicted molar refractivity (Wildman–Crippen MR) is 138 cm³/mol. The van der Waals surface area contributed by atoms with Crippen molar-refractivity contribution in [2.24, 2.45) is 11.5 Å². The Morgan fingerprint density at radius 3 is 1.00 bits per heavy atom. The average Bonchev–Trinajstić information content (AvgIpc) is 2.83. The molecule has 0 aliphatic rings. The Kier molecular flexibility index (Phi) is 5.19. The van der Waals surface area contributed by atoms with Gasteiger partial charge in [0.25, 0.3) is 0 Å². The molecule has 0 heterocycles. The molecule has 0 aromatic heterocycles. The van der Waals surface area contributed by atoms with E-state index in [2.05, 4.69) is 72.8 Å². The quantitative estimate of drug-likeness (QED) is 0.249. The van der Waals surface area contributed by atoms with Crippen LogP contribution in [-0.2, 0) is 0 Å². The summed E-state index contributed by atoms with van der Waals surface area (Å²) in [6.07, 6.45) is 4.08. The number of benzene rings is 5. The molecule has 0 saturated carbocycles. The normalized spacial score (nSPS) is 12.4. The van der Waals surface area contributed by atoms with Crippen LogP contribution in [0.5, 0.6) is 0 Å². The van der Waals surface area contributed by atoms with E-state index in [1.54, 1.807) is 0 Å². The van der Waals surface area contributed by atoms with E-state index < -0.39 is 0 Å². The Bertz CT molecular complexity index is 1290. The van der Waals surface area contributed by atoms with Crippen molar-refractivity contribution in [1.29, 1.82) is 0 Å². The van der Waals surface area contributed by atoms with E-state index in [0.717, 1.165) is 55.2 Å². The lowest BCUT2D eigenvalue weighted by atomic mass is 9.88. The second-order valence-electron chi connectivity index (χ2n) is 7.86. The lowest BCUT2D eigenvalue weighted by Crippen LogP contribution is -2.04. The Balaban J connectivity index is 1.82. The highest BCUT2D eigenvalue weighted by Crippen LogP contribution is 2.38. The summed E-state index contributed by atoms with van der Waals surface area (Å²) in [5.41, 5.74) is 19.1. The third-order valence-electron chi connectivity index (χ3n) is 5.75. The van der Waals surface area contributed by atoms with Gasteiger partial charge in [-0.3, -0.25) is 0 Å². The molecule has 0 fully saturated rings. The molecule has 0 bridgehead atoms. The van der Waals surface area contributed by atoms with E-state index in [1.807, 2.05) is 48.6 Å². The Labute approximate surface area is 188 Å². The minimum absolute atomic E-state index is 0.737. The smallest absolute Gasteiger partial charge is 0.0406 e. The average molecular weight is 413 g/mol. The van der Waals surface area contributed by atoms with E-state index in [0.29, 0.717) is 0 Å². The van der Waals surface area contributed by atoms with Crippen LogP contribution in [0.1, 0.15) is 22.3 Å². The van der Waals surface area contributed by atoms with Crippen molar-refractivity contribution < 1.29 is 0 Å². The lowest BCUT2D eigenvalue weighted by molar-refractivity contribution is 1.55. The summed E-state index contributed by atoms with van der Waals surface area (Å²) in [7, 11) is 0. The van der Waals surface area contributed by atoms with Gasteiger partial charge in [0.1, 0.15) is 0 Å². The van der Waals surface area contributed by atoms with Gasteiger partial charge < -0.3 is 11.5 Å². The molecule has 32 heavy (non-hydrogen) atoms. The maximum absolute atomic E-state index is 6.72. The van der Waals surface area contributed by atoms with Crippen LogP contribution in [0.3, 0.4) is 0 Å². The third-order valence-corrected chi connectivity index (χ3v) is 5.75. The van der Waals surface area contributed by atoms with Crippen LogP contribution >= 0.6 is 0 Å². The molecule has 0 saturated heterocycles. The summed E-state index contributed by atoms with van der Waals surface area (Å²) in [6.45, 7) is 0. The van der Waals surface area contributed by atoms with Crippen molar-refractivity contribution in [2.75, 3.05) is 0 Å². The summed E-state index contributed by atoms with van der Waals surface area (Å²) in [4.78, 5) is 0. The largest absolute Gasteiger partial charge is 0.398 e. The monoisotopic (exact) mass is 412 g/mol. The van der Waals surface area contributed by atoms with Crippen molar-refractivity contribution in [3.8, 4) is 0 Å². The molecule has 2 heteroatoms. The molecule has 4 N–H and O–H groups in total. The fourth-order valence-corrected chi connectivity index (χ4v) is 4.35. The molecule has 5 rings (SSSR count). The van der Waals surface area contributed by atoms with Gasteiger partial charge in [0.05, 0.1) is 0 Å². The Hall–Kier alpha value is -4.30. The maximum atomic E-state index is 6.72. The molecule has 2 nitrogen and oxygen atoms in total. The van der Waals surface area contributed by atoms with Crippen molar-refractivity contribution in [3.05, 3.63) is 131 Å². The van der Waals surface area contributed by atoms with E-state index in [9.17, 15) is 0 Å². The first-order valence-corrected chi connectivity index (χ1v) is 10.7. The van der Waals surface area contributed by atoms with Crippen LogP contribution in [-0.4, -0.2) is 0 Å². The third kappa shape index (κ3) is 3.63. The van der Waals surface area contributed by atoms with Gasteiger partial charge in [-0.15, -0.1) is 0 Å². The molecule has 0 radical (unpaired) electrons. The SMILES string of the molecule is NC(=Cc1ccccc1)c1c2ccccc2c(C(N)=Cc2ccccc2)c2ccccc12. The van der Waals surface area contributed by atoms with E-state index >= 15 is 0 Å². The fraction of sp³-hybridized carbons (Fsp3) is 0. The topological polar surface area (TPSA) is 52.0 Å². The van der Waals surface area contributed by atoms with Gasteiger partial charge in [-0.25, -0.2) is 0 Å². The van der Waals surface area contributed by atoms with Gasteiger partial charge >= 0.3 is 0 Å². The summed E-state index contributed by atoms with van der Waals surface area (Å²) < 4.78 is 0. The first kappa shape index (κ1) is 19.7. The van der Waals surface area contributed by atoms with Gasteiger partial charge in [-0.1, -0.05) is 109 Å². The van der Waals surface area contributed by atoms with Crippen LogP contribution < -0.4 is 11.5 Å². The lowest BCUT2D eigenvalue weighted by Gasteiger charge is -2.18. The molecule has 0 unspecified atom stereocenters. The van der Waals surface area contributed by atoms with Crippen LogP contribution in [0.4, 0.5) is 0 Å². The zero-order valence-corrected chi connectivity index (χ0v) is 17.7. The standard InChI is InChI=1S/C30H24N2/c31-27(19-21-11-3-1-4-12-21)29-23-15-7-9-17-25(23)30(26-18-10-8-16-24(26)29)28(32)20-22-13-5-2-6-14-22/h1-20H,31-32H2. The number of fused-ring (bicyclic) bond motifs is 2. The van der Waals surface area contributed by atoms with Gasteiger partial charge in [0, 0.05) is 22.5 Å². The first-order valence-electron chi connectivity index (χ1n) is 10.7. The maximum Gasteiger partial charge on any atom is 0.0406 e. The van der Waals surface area contributed by atoms with Gasteiger partial charge in [0.2, 0.25) is 0 Å². The predicted octanol–water partition coefficient (Wildman–Crippen LogP) is 6.91. The van der Waals surface area contributed by atoms with Crippen LogP contribution in [0.15, 0.2) is 109 Å². The number of hydrogen-bond acceptors (Lipinski definition) is 2. The molecule has 5 aromatic rings. The van der Waals surface area contributed by atoms with Crippen molar-refractivity contribution in [1.82, 2.24) is 0 Å². The number of hydrogen-bond donors (Lipinski definition) is 2. The Morgan fingerprint density at radius 2 is 0.688 bits per heavy atom. The fourth-order valence-electron chi connectivity index (χ4n) is 4.35. The van der Waals surface area contributed by atoms with Crippen molar-refractivity contribution in [2.45, 2.75) is 0 Å². The summed E-state index contributed by atoms with van der Waals surface area (Å²) in [5.74, 6) is 0. The zero-order valence-electron chi connectivity index (χ0n) is 17.7. The first-order chi connectivity index (χ1) is 15.7. The summed E-state index contributed by atoms with van der Waals surface area (Å²) in [6, 6.07) is 37.1. The summed E-state index contributed by atoms with van der Waals surface area (Å²) >= 11 is 0.